The van der Waals surface area contributed by atoms with Crippen molar-refractivity contribution in [3.63, 3.8) is 0 Å². The van der Waals surface area contributed by atoms with Crippen molar-refractivity contribution in [2.45, 2.75) is 56.7 Å². The van der Waals surface area contributed by atoms with Crippen LogP contribution in [0.1, 0.15) is 45.4 Å². The van der Waals surface area contributed by atoms with Gasteiger partial charge in [-0.3, -0.25) is 4.79 Å². The lowest BCUT2D eigenvalue weighted by molar-refractivity contribution is -0.135. The summed E-state index contributed by atoms with van der Waals surface area (Å²) in [6, 6.07) is 0.256. The number of thioether (sulfide) groups is 1. The van der Waals surface area contributed by atoms with Gasteiger partial charge in [0.1, 0.15) is 0 Å². The fourth-order valence-electron chi connectivity index (χ4n) is 3.17. The van der Waals surface area contributed by atoms with E-state index in [-0.39, 0.29) is 12.0 Å². The Kier molecular flexibility index (Phi) is 5.37. The lowest BCUT2D eigenvalue weighted by Gasteiger charge is -2.26. The molecule has 3 atom stereocenters. The number of hydrogen-bond donors (Lipinski definition) is 1. The van der Waals surface area contributed by atoms with Gasteiger partial charge >= 0.3 is 0 Å². The second-order valence-corrected chi connectivity index (χ2v) is 7.20. The van der Waals surface area contributed by atoms with Gasteiger partial charge in [0.2, 0.25) is 5.91 Å². The minimum Gasteiger partial charge on any atom is -0.341 e. The molecule has 3 nitrogen and oxygen atoms in total. The molecule has 0 radical (unpaired) electrons. The van der Waals surface area contributed by atoms with E-state index in [9.17, 15) is 4.79 Å². The van der Waals surface area contributed by atoms with Crippen LogP contribution in [-0.4, -0.2) is 40.9 Å². The first-order valence-corrected chi connectivity index (χ1v) is 8.41. The van der Waals surface area contributed by atoms with E-state index in [0.717, 1.165) is 38.1 Å². The standard InChI is InChI=1S/C14H26N2OS/c1-2-18-13-5-3-4-8-16(10-13)14(17)11-6-7-12(15)9-11/h11-13H,2-10,15H2,1H3. The van der Waals surface area contributed by atoms with Gasteiger partial charge < -0.3 is 10.6 Å². The first-order chi connectivity index (χ1) is 8.70. The Morgan fingerprint density at radius 1 is 1.33 bits per heavy atom. The first-order valence-electron chi connectivity index (χ1n) is 7.36. The van der Waals surface area contributed by atoms with Crippen molar-refractivity contribution in [3.05, 3.63) is 0 Å². The topological polar surface area (TPSA) is 46.3 Å². The third kappa shape index (κ3) is 3.64. The lowest BCUT2D eigenvalue weighted by atomic mass is 10.1. The zero-order valence-corrected chi connectivity index (χ0v) is 12.3. The van der Waals surface area contributed by atoms with Gasteiger partial charge in [-0.15, -0.1) is 0 Å². The van der Waals surface area contributed by atoms with Crippen LogP contribution in [0, 0.1) is 5.92 Å². The molecule has 4 heteroatoms. The Morgan fingerprint density at radius 2 is 2.17 bits per heavy atom. The van der Waals surface area contributed by atoms with E-state index in [0.29, 0.717) is 11.2 Å². The number of rotatable bonds is 3. The van der Waals surface area contributed by atoms with E-state index in [1.54, 1.807) is 0 Å². The summed E-state index contributed by atoms with van der Waals surface area (Å²) in [5.74, 6) is 1.75. The van der Waals surface area contributed by atoms with Crippen molar-refractivity contribution in [1.29, 1.82) is 0 Å². The van der Waals surface area contributed by atoms with E-state index in [1.165, 1.54) is 19.3 Å². The molecule has 0 spiro atoms. The molecule has 1 amide bonds. The van der Waals surface area contributed by atoms with E-state index in [1.807, 2.05) is 11.8 Å². The number of likely N-dealkylation sites (tertiary alicyclic amines) is 1. The minimum atomic E-state index is 0.213. The smallest absolute Gasteiger partial charge is 0.225 e. The Hall–Kier alpha value is -0.220. The van der Waals surface area contributed by atoms with E-state index in [2.05, 4.69) is 11.8 Å². The summed E-state index contributed by atoms with van der Waals surface area (Å²) in [6.07, 6.45) is 6.64. The third-order valence-corrected chi connectivity index (χ3v) is 5.35. The van der Waals surface area contributed by atoms with Crippen molar-refractivity contribution in [2.75, 3.05) is 18.8 Å². The van der Waals surface area contributed by atoms with Crippen molar-refractivity contribution >= 4 is 17.7 Å². The van der Waals surface area contributed by atoms with Crippen LogP contribution in [0.5, 0.6) is 0 Å². The highest BCUT2D eigenvalue weighted by Crippen LogP contribution is 2.28. The predicted octanol–water partition coefficient (Wildman–Crippen LogP) is 2.25. The summed E-state index contributed by atoms with van der Waals surface area (Å²) in [5.41, 5.74) is 5.92. The van der Waals surface area contributed by atoms with Crippen molar-refractivity contribution in [2.24, 2.45) is 11.7 Å². The van der Waals surface area contributed by atoms with E-state index in [4.69, 9.17) is 5.73 Å². The van der Waals surface area contributed by atoms with Gasteiger partial charge in [-0.05, 0) is 37.9 Å². The normalized spacial score (nSPS) is 33.4. The molecule has 18 heavy (non-hydrogen) atoms. The van der Waals surface area contributed by atoms with Crippen LogP contribution in [0.15, 0.2) is 0 Å². The number of nitrogens with zero attached hydrogens (tertiary/aromatic N) is 1. The highest BCUT2D eigenvalue weighted by atomic mass is 32.2. The molecule has 2 fully saturated rings. The van der Waals surface area contributed by atoms with Crippen LogP contribution in [0.2, 0.25) is 0 Å². The van der Waals surface area contributed by atoms with Crippen LogP contribution >= 0.6 is 11.8 Å². The quantitative estimate of drug-likeness (QED) is 0.855. The molecular formula is C14H26N2OS. The summed E-state index contributed by atoms with van der Waals surface area (Å²) in [6.45, 7) is 4.13. The van der Waals surface area contributed by atoms with Crippen molar-refractivity contribution in [1.82, 2.24) is 4.90 Å². The fraction of sp³-hybridized carbons (Fsp3) is 0.929. The molecule has 0 aromatic heterocycles. The molecule has 1 saturated carbocycles. The zero-order valence-electron chi connectivity index (χ0n) is 11.4. The number of carbonyl (C=O) groups is 1. The summed E-state index contributed by atoms with van der Waals surface area (Å²) < 4.78 is 0. The van der Waals surface area contributed by atoms with Gasteiger partial charge in [-0.2, -0.15) is 11.8 Å². The number of carbonyl (C=O) groups excluding carboxylic acids is 1. The second kappa shape index (κ2) is 6.80. The molecule has 1 heterocycles. The average molecular weight is 270 g/mol. The van der Waals surface area contributed by atoms with Crippen LogP contribution in [0.25, 0.3) is 0 Å². The predicted molar refractivity (Wildman–Crippen MR) is 77.7 cm³/mol. The van der Waals surface area contributed by atoms with Crippen molar-refractivity contribution in [3.8, 4) is 0 Å². The monoisotopic (exact) mass is 270 g/mol. The first kappa shape index (κ1) is 14.2. The van der Waals surface area contributed by atoms with Gasteiger partial charge in [-0.25, -0.2) is 0 Å². The summed E-state index contributed by atoms with van der Waals surface area (Å²) in [7, 11) is 0. The summed E-state index contributed by atoms with van der Waals surface area (Å²) in [5, 5.41) is 0.650. The Morgan fingerprint density at radius 3 is 2.83 bits per heavy atom. The second-order valence-electron chi connectivity index (χ2n) is 5.63. The van der Waals surface area contributed by atoms with E-state index >= 15 is 0 Å². The van der Waals surface area contributed by atoms with Crippen LogP contribution < -0.4 is 5.73 Å². The molecule has 1 aliphatic carbocycles. The molecule has 2 rings (SSSR count). The summed E-state index contributed by atoms with van der Waals surface area (Å²) in [4.78, 5) is 14.6. The summed E-state index contributed by atoms with van der Waals surface area (Å²) >= 11 is 2.01. The zero-order chi connectivity index (χ0) is 13.0. The van der Waals surface area contributed by atoms with E-state index < -0.39 is 0 Å². The SMILES string of the molecule is CCSC1CCCCN(C(=O)C2CCC(N)C2)C1. The molecule has 2 aliphatic rings. The molecule has 0 bridgehead atoms. The Labute approximate surface area is 115 Å². The molecule has 1 aliphatic heterocycles. The van der Waals surface area contributed by atoms with Gasteiger partial charge in [0, 0.05) is 30.3 Å². The molecular weight excluding hydrogens is 244 g/mol. The van der Waals surface area contributed by atoms with Crippen LogP contribution in [0.4, 0.5) is 0 Å². The highest BCUT2D eigenvalue weighted by molar-refractivity contribution is 7.99. The van der Waals surface area contributed by atoms with Crippen molar-refractivity contribution < 1.29 is 4.79 Å². The molecule has 3 unspecified atom stereocenters. The maximum absolute atomic E-state index is 12.5. The van der Waals surface area contributed by atoms with Gasteiger partial charge in [0.15, 0.2) is 0 Å². The molecule has 2 N–H and O–H groups in total. The highest BCUT2D eigenvalue weighted by Gasteiger charge is 2.32. The molecule has 1 saturated heterocycles. The maximum atomic E-state index is 12.5. The molecule has 0 aromatic carbocycles. The molecule has 104 valence electrons. The average Bonchev–Trinajstić information content (AvgIpc) is 2.65. The third-order valence-electron chi connectivity index (χ3n) is 4.16. The lowest BCUT2D eigenvalue weighted by Crippen LogP contribution is -2.39. The van der Waals surface area contributed by atoms with Crippen LogP contribution in [-0.2, 0) is 4.79 Å². The number of hydrogen-bond acceptors (Lipinski definition) is 3. The maximum Gasteiger partial charge on any atom is 0.225 e. The number of nitrogens with two attached hydrogens (primary N) is 1. The molecule has 0 aromatic rings. The number of amides is 1. The largest absolute Gasteiger partial charge is 0.341 e. The van der Waals surface area contributed by atoms with Gasteiger partial charge in [-0.1, -0.05) is 13.3 Å². The van der Waals surface area contributed by atoms with Gasteiger partial charge in [0.05, 0.1) is 0 Å². The fourth-order valence-corrected chi connectivity index (χ4v) is 4.26. The van der Waals surface area contributed by atoms with Gasteiger partial charge in [0.25, 0.3) is 0 Å². The van der Waals surface area contributed by atoms with Crippen LogP contribution in [0.3, 0.4) is 0 Å². The Balaban J connectivity index is 1.91. The Bertz CT molecular complexity index is 285. The minimum absolute atomic E-state index is 0.213.